The smallest absolute Gasteiger partial charge is 0.242 e. The minimum atomic E-state index is -0.484. The van der Waals surface area contributed by atoms with Crippen molar-refractivity contribution in [1.29, 1.82) is 5.26 Å². The Balaban J connectivity index is 1.23. The van der Waals surface area contributed by atoms with E-state index in [1.54, 1.807) is 21.5 Å². The Morgan fingerprint density at radius 2 is 2.00 bits per heavy atom. The molecule has 2 amide bonds. The van der Waals surface area contributed by atoms with Gasteiger partial charge in [-0.2, -0.15) is 9.78 Å². The minimum Gasteiger partial charge on any atom is -0.389 e. The molecular weight excluding hydrogens is 581 g/mol. The van der Waals surface area contributed by atoms with Crippen LogP contribution in [0, 0.1) is 17.1 Å². The molecule has 3 aromatic heterocycles. The number of thiazole rings is 1. The second-order valence-corrected chi connectivity index (χ2v) is 12.2. The number of β-amino-alcohol motifs (C(OH)–C–C–N with tert-alkyl or cyclic N) is 1. The van der Waals surface area contributed by atoms with Crippen LogP contribution in [0.25, 0.3) is 16.2 Å². The van der Waals surface area contributed by atoms with E-state index in [0.29, 0.717) is 65.2 Å². The van der Waals surface area contributed by atoms with E-state index in [1.165, 1.54) is 39.7 Å². The molecule has 2 saturated heterocycles. The Hall–Kier alpha value is -4.13. The van der Waals surface area contributed by atoms with Gasteiger partial charge < -0.3 is 24.7 Å². The van der Waals surface area contributed by atoms with Crippen LogP contribution in [-0.4, -0.2) is 98.7 Å². The van der Waals surface area contributed by atoms with Crippen molar-refractivity contribution in [2.24, 2.45) is 0 Å². The normalized spacial score (nSPS) is 17.0. The molecule has 42 heavy (non-hydrogen) atoms. The van der Waals surface area contributed by atoms with E-state index < -0.39 is 6.10 Å². The standard InChI is InChI=1S/C27H28FN9O3S2/c1-3-20-24(33(2)25-31-23(21(10-29)41-25)16-4-6-17(28)7-5-16)37-26(30-20)42-27(32-37)34-9-8-18(11-34)36(15-38)14-22(40)35-12-19(39)13-35/h4-7,15,18-19,39H,3,8-9,11-14H2,1-2H3/t18-/m1/s1. The van der Waals surface area contributed by atoms with Crippen molar-refractivity contribution < 1.29 is 19.1 Å². The summed E-state index contributed by atoms with van der Waals surface area (Å²) in [6.45, 7) is 3.83. The molecular formula is C27H28FN9O3S2. The van der Waals surface area contributed by atoms with Gasteiger partial charge in [0.15, 0.2) is 10.9 Å². The lowest BCUT2D eigenvalue weighted by Gasteiger charge is -2.37. The van der Waals surface area contributed by atoms with Crippen molar-refractivity contribution in [3.05, 3.63) is 40.7 Å². The van der Waals surface area contributed by atoms with E-state index in [2.05, 4.69) is 11.0 Å². The number of likely N-dealkylation sites (tertiary alicyclic amines) is 1. The highest BCUT2D eigenvalue weighted by Gasteiger charge is 2.34. The topological polar surface area (TPSA) is 134 Å². The molecule has 15 heteroatoms. The van der Waals surface area contributed by atoms with Gasteiger partial charge in [-0.1, -0.05) is 29.6 Å². The number of nitriles is 1. The third-order valence-electron chi connectivity index (χ3n) is 7.58. The number of halogens is 1. The van der Waals surface area contributed by atoms with Crippen molar-refractivity contribution >= 4 is 56.0 Å². The Bertz CT molecular complexity index is 1670. The number of nitrogens with zero attached hydrogens (tertiary/aromatic N) is 9. The highest BCUT2D eigenvalue weighted by atomic mass is 32.1. The van der Waals surface area contributed by atoms with Crippen molar-refractivity contribution in [2.45, 2.75) is 31.9 Å². The van der Waals surface area contributed by atoms with Gasteiger partial charge in [-0.05, 0) is 37.1 Å². The first-order valence-corrected chi connectivity index (χ1v) is 15.1. The zero-order valence-electron chi connectivity index (χ0n) is 23.0. The second kappa shape index (κ2) is 11.3. The van der Waals surface area contributed by atoms with Gasteiger partial charge in [0, 0.05) is 38.8 Å². The van der Waals surface area contributed by atoms with Gasteiger partial charge in [0.1, 0.15) is 22.5 Å². The number of hydrogen-bond donors (Lipinski definition) is 1. The molecule has 4 aromatic rings. The maximum atomic E-state index is 13.5. The largest absolute Gasteiger partial charge is 0.389 e. The number of carbonyl (C=O) groups is 2. The highest BCUT2D eigenvalue weighted by molar-refractivity contribution is 7.20. The number of anilines is 3. The first-order chi connectivity index (χ1) is 20.3. The lowest BCUT2D eigenvalue weighted by Crippen LogP contribution is -2.56. The third-order valence-corrected chi connectivity index (χ3v) is 9.59. The van der Waals surface area contributed by atoms with Gasteiger partial charge in [0.05, 0.1) is 24.4 Å². The summed E-state index contributed by atoms with van der Waals surface area (Å²) in [7, 11) is 1.86. The fourth-order valence-corrected chi connectivity index (χ4v) is 7.05. The summed E-state index contributed by atoms with van der Waals surface area (Å²) >= 11 is 2.69. The lowest BCUT2D eigenvalue weighted by molar-refractivity contribution is -0.145. The van der Waals surface area contributed by atoms with Crippen LogP contribution < -0.4 is 9.80 Å². The average molecular weight is 610 g/mol. The van der Waals surface area contributed by atoms with E-state index in [1.807, 2.05) is 18.9 Å². The van der Waals surface area contributed by atoms with Crippen LogP contribution in [0.15, 0.2) is 24.3 Å². The summed E-state index contributed by atoms with van der Waals surface area (Å²) in [4.78, 5) is 42.1. The van der Waals surface area contributed by atoms with Crippen molar-refractivity contribution in [2.75, 3.05) is 49.6 Å². The summed E-state index contributed by atoms with van der Waals surface area (Å²) in [5.74, 6) is 0.219. The minimum absolute atomic E-state index is 0.0108. The molecule has 1 N–H and O–H groups in total. The van der Waals surface area contributed by atoms with Gasteiger partial charge in [-0.3, -0.25) is 9.59 Å². The summed E-state index contributed by atoms with van der Waals surface area (Å²) in [5, 5.41) is 25.5. The van der Waals surface area contributed by atoms with Crippen LogP contribution in [0.2, 0.25) is 0 Å². The number of aliphatic hydroxyl groups is 1. The third kappa shape index (κ3) is 5.06. The van der Waals surface area contributed by atoms with Gasteiger partial charge in [-0.15, -0.1) is 5.10 Å². The van der Waals surface area contributed by atoms with Gasteiger partial charge in [-0.25, -0.2) is 14.4 Å². The fraction of sp³-hybridized carbons (Fsp3) is 0.407. The molecule has 1 atom stereocenters. The number of hydrogen-bond acceptors (Lipinski definition) is 11. The van der Waals surface area contributed by atoms with Crippen molar-refractivity contribution in [1.82, 2.24) is 29.4 Å². The number of benzene rings is 1. The Kier molecular flexibility index (Phi) is 7.52. The zero-order chi connectivity index (χ0) is 29.5. The number of imidazole rings is 1. The first kappa shape index (κ1) is 28.0. The van der Waals surface area contributed by atoms with E-state index in [9.17, 15) is 24.3 Å². The fourth-order valence-electron chi connectivity index (χ4n) is 5.25. The van der Waals surface area contributed by atoms with E-state index in [0.717, 1.165) is 23.1 Å². The van der Waals surface area contributed by atoms with E-state index in [4.69, 9.17) is 15.1 Å². The molecule has 0 radical (unpaired) electrons. The van der Waals surface area contributed by atoms with Crippen LogP contribution in [0.5, 0.6) is 0 Å². The number of rotatable bonds is 9. The molecule has 2 aliphatic rings. The van der Waals surface area contributed by atoms with E-state index >= 15 is 0 Å². The highest BCUT2D eigenvalue weighted by Crippen LogP contribution is 2.38. The van der Waals surface area contributed by atoms with Gasteiger partial charge >= 0.3 is 0 Å². The monoisotopic (exact) mass is 609 g/mol. The van der Waals surface area contributed by atoms with Crippen LogP contribution in [-0.2, 0) is 16.0 Å². The van der Waals surface area contributed by atoms with E-state index in [-0.39, 0.29) is 24.3 Å². The number of aliphatic hydroxyl groups excluding tert-OH is 1. The molecule has 0 aliphatic carbocycles. The molecule has 0 bridgehead atoms. The molecule has 0 spiro atoms. The zero-order valence-corrected chi connectivity index (χ0v) is 24.6. The Morgan fingerprint density at radius 3 is 2.67 bits per heavy atom. The second-order valence-electron chi connectivity index (χ2n) is 10.3. The molecule has 6 rings (SSSR count). The predicted octanol–water partition coefficient (Wildman–Crippen LogP) is 2.50. The Morgan fingerprint density at radius 1 is 1.24 bits per heavy atom. The van der Waals surface area contributed by atoms with Crippen LogP contribution >= 0.6 is 22.7 Å². The summed E-state index contributed by atoms with van der Waals surface area (Å²) in [6.07, 6.45) is 1.60. The average Bonchev–Trinajstić information content (AvgIpc) is 3.76. The Labute approximate surface area is 248 Å². The maximum absolute atomic E-state index is 13.5. The number of aryl methyl sites for hydroxylation is 1. The van der Waals surface area contributed by atoms with Crippen molar-refractivity contribution in [3.8, 4) is 17.3 Å². The number of carbonyl (C=O) groups excluding carboxylic acids is 2. The molecule has 0 unspecified atom stereocenters. The van der Waals surface area contributed by atoms with Crippen molar-refractivity contribution in [3.63, 3.8) is 0 Å². The summed E-state index contributed by atoms with van der Waals surface area (Å²) in [6, 6.07) is 7.98. The molecule has 5 heterocycles. The van der Waals surface area contributed by atoms with Gasteiger partial charge in [0.2, 0.25) is 22.4 Å². The molecule has 2 fully saturated rings. The molecule has 12 nitrogen and oxygen atoms in total. The van der Waals surface area contributed by atoms with Crippen LogP contribution in [0.4, 0.5) is 20.5 Å². The number of amides is 2. The van der Waals surface area contributed by atoms with Gasteiger partial charge in [0.25, 0.3) is 0 Å². The molecule has 1 aromatic carbocycles. The lowest BCUT2D eigenvalue weighted by atomic mass is 10.1. The summed E-state index contributed by atoms with van der Waals surface area (Å²) in [5.41, 5.74) is 1.99. The van der Waals surface area contributed by atoms with Crippen LogP contribution in [0.3, 0.4) is 0 Å². The summed E-state index contributed by atoms with van der Waals surface area (Å²) < 4.78 is 15.3. The number of aromatic nitrogens is 4. The molecule has 0 saturated carbocycles. The SMILES string of the molecule is CCc1nc2sc(N3CC[C@@H](N(C=O)CC(=O)N4CC(O)C4)C3)nn2c1N(C)c1nc(-c2ccc(F)cc2)c(C#N)s1. The predicted molar refractivity (Wildman–Crippen MR) is 157 cm³/mol. The maximum Gasteiger partial charge on any atom is 0.242 e. The first-order valence-electron chi connectivity index (χ1n) is 13.5. The number of fused-ring (bicyclic) bond motifs is 1. The molecule has 2 aliphatic heterocycles. The molecule has 218 valence electrons. The quantitative estimate of drug-likeness (QED) is 0.284. The van der Waals surface area contributed by atoms with Crippen LogP contribution in [0.1, 0.15) is 23.9 Å².